The first-order valence-electron chi connectivity index (χ1n) is 2.58. The average Bonchev–Trinajstić information content (AvgIpc) is 1.71. The van der Waals surface area contributed by atoms with Crippen LogP contribution in [0.3, 0.4) is 0 Å². The van der Waals surface area contributed by atoms with Crippen LogP contribution in [0.4, 0.5) is 0 Å². The van der Waals surface area contributed by atoms with Crippen LogP contribution in [0.5, 0.6) is 0 Å². The van der Waals surface area contributed by atoms with Crippen molar-refractivity contribution in [3.8, 4) is 6.07 Å². The lowest BCUT2D eigenvalue weighted by Crippen LogP contribution is -1.85. The number of rotatable bonds is 0. The SMILES string of the molecule is CC#N.CC(C)O.CO. The molecule has 0 aliphatic heterocycles. The summed E-state index contributed by atoms with van der Waals surface area (Å²) in [6.45, 7) is 4.88. The quantitative estimate of drug-likeness (QED) is 0.506. The van der Waals surface area contributed by atoms with Gasteiger partial charge in [-0.1, -0.05) is 0 Å². The maximum absolute atomic E-state index is 8.06. The van der Waals surface area contributed by atoms with Crippen LogP contribution in [0.25, 0.3) is 0 Å². The minimum Gasteiger partial charge on any atom is -0.400 e. The molecule has 0 bridgehead atoms. The highest BCUT2D eigenvalue weighted by Crippen LogP contribution is 1.65. The van der Waals surface area contributed by atoms with Gasteiger partial charge >= 0.3 is 0 Å². The van der Waals surface area contributed by atoms with Gasteiger partial charge < -0.3 is 10.2 Å². The minimum atomic E-state index is -0.167. The molecule has 0 spiro atoms. The van der Waals surface area contributed by atoms with Crippen LogP contribution in [0.2, 0.25) is 0 Å². The summed E-state index contributed by atoms with van der Waals surface area (Å²) in [6, 6.07) is 1.75. The van der Waals surface area contributed by atoms with Gasteiger partial charge in [0.1, 0.15) is 0 Å². The van der Waals surface area contributed by atoms with E-state index in [0.717, 1.165) is 7.11 Å². The van der Waals surface area contributed by atoms with Crippen molar-refractivity contribution >= 4 is 0 Å². The molecule has 3 nitrogen and oxygen atoms in total. The van der Waals surface area contributed by atoms with E-state index in [1.807, 2.05) is 0 Å². The fourth-order valence-corrected chi connectivity index (χ4v) is 0. The molecule has 0 unspecified atom stereocenters. The van der Waals surface area contributed by atoms with Gasteiger partial charge in [0.05, 0.1) is 6.07 Å². The number of hydrogen-bond donors (Lipinski definition) is 2. The van der Waals surface area contributed by atoms with Crippen molar-refractivity contribution in [2.24, 2.45) is 0 Å². The molecule has 0 radical (unpaired) electrons. The highest BCUT2D eigenvalue weighted by Gasteiger charge is 1.69. The first-order chi connectivity index (χ1) is 4.15. The lowest BCUT2D eigenvalue weighted by molar-refractivity contribution is 0.216. The van der Waals surface area contributed by atoms with Crippen LogP contribution >= 0.6 is 0 Å². The summed E-state index contributed by atoms with van der Waals surface area (Å²) >= 11 is 0. The van der Waals surface area contributed by atoms with Crippen molar-refractivity contribution in [3.63, 3.8) is 0 Å². The number of hydrogen-bond acceptors (Lipinski definition) is 3. The Labute approximate surface area is 56.6 Å². The van der Waals surface area contributed by atoms with E-state index in [2.05, 4.69) is 0 Å². The van der Waals surface area contributed by atoms with Gasteiger partial charge in [-0.05, 0) is 13.8 Å². The Morgan fingerprint density at radius 1 is 1.33 bits per heavy atom. The van der Waals surface area contributed by atoms with E-state index < -0.39 is 0 Å². The Kier molecular flexibility index (Phi) is 45.9. The summed E-state index contributed by atoms with van der Waals surface area (Å²) in [7, 11) is 1.00. The second-order valence-corrected chi connectivity index (χ2v) is 1.32. The molecule has 0 fully saturated rings. The highest BCUT2D eigenvalue weighted by atomic mass is 16.3. The molecule has 0 aromatic heterocycles. The molecule has 2 N–H and O–H groups in total. The lowest BCUT2D eigenvalue weighted by atomic mass is 10.5. The molecule has 0 aliphatic rings. The lowest BCUT2D eigenvalue weighted by Gasteiger charge is -1.80. The van der Waals surface area contributed by atoms with Gasteiger partial charge in [-0.15, -0.1) is 0 Å². The zero-order chi connectivity index (χ0) is 8.28. The molecule has 0 aromatic carbocycles. The molecule has 0 heterocycles. The highest BCUT2D eigenvalue weighted by molar-refractivity contribution is 4.51. The summed E-state index contributed by atoms with van der Waals surface area (Å²) in [5.74, 6) is 0. The van der Waals surface area contributed by atoms with Crippen LogP contribution in [-0.2, 0) is 0 Å². The fourth-order valence-electron chi connectivity index (χ4n) is 0. The van der Waals surface area contributed by atoms with E-state index >= 15 is 0 Å². The molecule has 3 heteroatoms. The molecule has 56 valence electrons. The number of aliphatic hydroxyl groups excluding tert-OH is 2. The summed E-state index contributed by atoms with van der Waals surface area (Å²) < 4.78 is 0. The fraction of sp³-hybridized carbons (Fsp3) is 0.833. The Balaban J connectivity index is -0.0000000646. The van der Waals surface area contributed by atoms with Gasteiger partial charge in [-0.25, -0.2) is 0 Å². The summed E-state index contributed by atoms with van der Waals surface area (Å²) in [5, 5.41) is 22.4. The van der Waals surface area contributed by atoms with Crippen molar-refractivity contribution in [3.05, 3.63) is 0 Å². The molecular formula is C6H15NO2. The maximum Gasteiger partial charge on any atom is 0.0587 e. The Hall–Kier alpha value is -0.590. The normalized spacial score (nSPS) is 5.56. The van der Waals surface area contributed by atoms with Crippen LogP contribution in [0.1, 0.15) is 20.8 Å². The van der Waals surface area contributed by atoms with Gasteiger partial charge in [0, 0.05) is 20.1 Å². The summed E-state index contributed by atoms with van der Waals surface area (Å²) in [6.07, 6.45) is -0.167. The minimum absolute atomic E-state index is 0.167. The molecule has 9 heavy (non-hydrogen) atoms. The molecule has 0 aliphatic carbocycles. The predicted molar refractivity (Wildman–Crippen MR) is 36.8 cm³/mol. The monoisotopic (exact) mass is 133 g/mol. The van der Waals surface area contributed by atoms with Gasteiger partial charge in [0.2, 0.25) is 0 Å². The Bertz CT molecular complexity index is 53.8. The largest absolute Gasteiger partial charge is 0.400 e. The number of nitrogens with zero attached hydrogens (tertiary/aromatic N) is 1. The third kappa shape index (κ3) is 623. The molecule has 0 saturated carbocycles. The van der Waals surface area contributed by atoms with E-state index in [1.165, 1.54) is 6.92 Å². The van der Waals surface area contributed by atoms with Crippen LogP contribution in [0, 0.1) is 11.3 Å². The third-order valence-electron chi connectivity index (χ3n) is 0. The van der Waals surface area contributed by atoms with Gasteiger partial charge in [-0.2, -0.15) is 5.26 Å². The van der Waals surface area contributed by atoms with Gasteiger partial charge in [-0.3, -0.25) is 0 Å². The van der Waals surface area contributed by atoms with Crippen molar-refractivity contribution in [2.45, 2.75) is 26.9 Å². The van der Waals surface area contributed by atoms with Crippen molar-refractivity contribution in [2.75, 3.05) is 7.11 Å². The van der Waals surface area contributed by atoms with E-state index in [4.69, 9.17) is 15.5 Å². The summed E-state index contributed by atoms with van der Waals surface area (Å²) in [4.78, 5) is 0. The average molecular weight is 133 g/mol. The molecule has 0 aromatic rings. The van der Waals surface area contributed by atoms with E-state index in [9.17, 15) is 0 Å². The van der Waals surface area contributed by atoms with Crippen molar-refractivity contribution in [1.82, 2.24) is 0 Å². The zero-order valence-electron chi connectivity index (χ0n) is 6.42. The summed E-state index contributed by atoms with van der Waals surface area (Å²) in [5.41, 5.74) is 0. The first-order valence-corrected chi connectivity index (χ1v) is 2.58. The molecule has 0 amide bonds. The maximum atomic E-state index is 8.06. The predicted octanol–water partition coefficient (Wildman–Crippen LogP) is 0.525. The standard InChI is InChI=1S/C3H8O.C2H3N.CH4O/c1-3(2)4;1-2-3;1-2/h3-4H,1-2H3;1H3;2H,1H3. The second kappa shape index (κ2) is 26.2. The van der Waals surface area contributed by atoms with E-state index in [1.54, 1.807) is 19.9 Å². The smallest absolute Gasteiger partial charge is 0.0587 e. The third-order valence-corrected chi connectivity index (χ3v) is 0. The van der Waals surface area contributed by atoms with Gasteiger partial charge in [0.25, 0.3) is 0 Å². The second-order valence-electron chi connectivity index (χ2n) is 1.32. The van der Waals surface area contributed by atoms with E-state index in [0.29, 0.717) is 0 Å². The molecule has 0 atom stereocenters. The molecule has 0 rings (SSSR count). The topological polar surface area (TPSA) is 64.2 Å². The Morgan fingerprint density at radius 3 is 1.33 bits per heavy atom. The zero-order valence-corrected chi connectivity index (χ0v) is 6.42. The van der Waals surface area contributed by atoms with Crippen molar-refractivity contribution in [1.29, 1.82) is 5.26 Å². The molecular weight excluding hydrogens is 118 g/mol. The first kappa shape index (κ1) is 15.8. The Morgan fingerprint density at radius 2 is 1.33 bits per heavy atom. The molecule has 0 saturated heterocycles. The van der Waals surface area contributed by atoms with Crippen LogP contribution < -0.4 is 0 Å². The van der Waals surface area contributed by atoms with Crippen LogP contribution in [-0.4, -0.2) is 23.4 Å². The van der Waals surface area contributed by atoms with Gasteiger partial charge in [0.15, 0.2) is 0 Å². The van der Waals surface area contributed by atoms with E-state index in [-0.39, 0.29) is 6.10 Å². The number of nitriles is 1. The number of aliphatic hydroxyl groups is 2. The van der Waals surface area contributed by atoms with Crippen LogP contribution in [0.15, 0.2) is 0 Å². The van der Waals surface area contributed by atoms with Crippen molar-refractivity contribution < 1.29 is 10.2 Å².